The van der Waals surface area contributed by atoms with Crippen LogP contribution in [0.5, 0.6) is 0 Å². The molecule has 0 aliphatic rings. The third-order valence-corrected chi connectivity index (χ3v) is 4.52. The van der Waals surface area contributed by atoms with Crippen LogP contribution in [-0.4, -0.2) is 60.8 Å². The molecule has 9 nitrogen and oxygen atoms in total. The maximum Gasteiger partial charge on any atom is 0.322 e. The minimum absolute atomic E-state index is 0. The number of ether oxygens (including phenoxy) is 2. The van der Waals surface area contributed by atoms with Gasteiger partial charge in [0.15, 0.2) is 10.9 Å². The number of thioether (sulfide) groups is 1. The summed E-state index contributed by atoms with van der Waals surface area (Å²) in [4.78, 5) is 58.1. The smallest absolute Gasteiger partial charge is 0.322 e. The molecule has 0 aromatic rings. The Hall–Kier alpha value is -1.46. The van der Waals surface area contributed by atoms with Crippen molar-refractivity contribution in [3.8, 4) is 0 Å². The highest BCUT2D eigenvalue weighted by molar-refractivity contribution is 8.13. The lowest BCUT2D eigenvalue weighted by molar-refractivity contribution is -0.142. The standard InChI is InChI=1S/C16H26N2O7S.BrH/c1-4-15(22)26-9-11(12(19)6-8-14(21)24-2)18-13(20)7-5-10(17)16(23)25-3;/h10-11H,4-9,17H2,1-3H3,(H,18,20);1H/p-1. The van der Waals surface area contributed by atoms with Crippen molar-refractivity contribution in [3.05, 3.63) is 0 Å². The zero-order valence-corrected chi connectivity index (χ0v) is 18.0. The molecule has 0 radical (unpaired) electrons. The Balaban J connectivity index is 0. The molecule has 0 aliphatic heterocycles. The fourth-order valence-electron chi connectivity index (χ4n) is 1.82. The summed E-state index contributed by atoms with van der Waals surface area (Å²) in [5.74, 6) is -1.96. The first-order valence-electron chi connectivity index (χ1n) is 8.13. The second-order valence-electron chi connectivity index (χ2n) is 5.37. The number of amides is 1. The fraction of sp³-hybridized carbons (Fsp3) is 0.688. The van der Waals surface area contributed by atoms with Crippen molar-refractivity contribution < 1.29 is 50.4 Å². The fourth-order valence-corrected chi connectivity index (χ4v) is 2.64. The molecular formula is C16H26BrN2O7S-. The van der Waals surface area contributed by atoms with Gasteiger partial charge in [-0.05, 0) is 6.42 Å². The number of rotatable bonds is 12. The van der Waals surface area contributed by atoms with Crippen LogP contribution in [0.4, 0.5) is 0 Å². The molecule has 0 bridgehead atoms. The second-order valence-corrected chi connectivity index (χ2v) is 6.44. The molecule has 2 unspecified atom stereocenters. The molecule has 0 saturated heterocycles. The van der Waals surface area contributed by atoms with Crippen molar-refractivity contribution in [1.29, 1.82) is 0 Å². The Morgan fingerprint density at radius 3 is 2.19 bits per heavy atom. The molecule has 1 amide bonds. The third kappa shape index (κ3) is 12.5. The first-order chi connectivity index (χ1) is 12.2. The summed E-state index contributed by atoms with van der Waals surface area (Å²) in [6.07, 6.45) is 0.0587. The molecule has 11 heteroatoms. The molecular weight excluding hydrogens is 444 g/mol. The zero-order chi connectivity index (χ0) is 20.1. The van der Waals surface area contributed by atoms with Crippen molar-refractivity contribution in [3.63, 3.8) is 0 Å². The average Bonchev–Trinajstić information content (AvgIpc) is 2.65. The normalized spacial score (nSPS) is 12.1. The van der Waals surface area contributed by atoms with E-state index in [1.165, 1.54) is 14.2 Å². The van der Waals surface area contributed by atoms with E-state index in [1.807, 2.05) is 0 Å². The lowest BCUT2D eigenvalue weighted by Gasteiger charge is -2.17. The summed E-state index contributed by atoms with van der Waals surface area (Å²) < 4.78 is 8.95. The van der Waals surface area contributed by atoms with Crippen molar-refractivity contribution in [2.24, 2.45) is 5.73 Å². The molecule has 3 N–H and O–H groups in total. The Morgan fingerprint density at radius 1 is 1.04 bits per heavy atom. The van der Waals surface area contributed by atoms with Gasteiger partial charge in [-0.15, -0.1) is 0 Å². The Bertz CT molecular complexity index is 531. The van der Waals surface area contributed by atoms with Crippen LogP contribution in [0.25, 0.3) is 0 Å². The van der Waals surface area contributed by atoms with Crippen LogP contribution in [0.1, 0.15) is 39.0 Å². The van der Waals surface area contributed by atoms with Crippen molar-refractivity contribution in [2.45, 2.75) is 51.1 Å². The summed E-state index contributed by atoms with van der Waals surface area (Å²) in [5, 5.41) is 2.42. The van der Waals surface area contributed by atoms with Crippen molar-refractivity contribution >= 4 is 40.5 Å². The van der Waals surface area contributed by atoms with Crippen LogP contribution in [0.15, 0.2) is 0 Å². The number of hydrogen-bond donors (Lipinski definition) is 2. The van der Waals surface area contributed by atoms with Crippen LogP contribution in [0, 0.1) is 0 Å². The van der Waals surface area contributed by atoms with Crippen LogP contribution >= 0.6 is 11.8 Å². The predicted molar refractivity (Wildman–Crippen MR) is 95.2 cm³/mol. The van der Waals surface area contributed by atoms with Crippen molar-refractivity contribution in [1.82, 2.24) is 5.32 Å². The number of methoxy groups -OCH3 is 2. The van der Waals surface area contributed by atoms with Gasteiger partial charge < -0.3 is 37.5 Å². The number of carbonyl (C=O) groups excluding carboxylic acids is 5. The lowest BCUT2D eigenvalue weighted by Crippen LogP contribution is -3.00. The molecule has 0 rings (SSSR count). The topological polar surface area (TPSA) is 142 Å². The number of ketones is 1. The minimum atomic E-state index is -0.935. The van der Waals surface area contributed by atoms with E-state index in [-0.39, 0.29) is 59.3 Å². The van der Waals surface area contributed by atoms with Gasteiger partial charge >= 0.3 is 11.9 Å². The quantitative estimate of drug-likeness (QED) is 0.285. The van der Waals surface area contributed by atoms with Crippen molar-refractivity contribution in [2.75, 3.05) is 20.0 Å². The number of Topliss-reactive ketones (excluding diaryl/α,β-unsaturated/α-hetero) is 1. The van der Waals surface area contributed by atoms with E-state index in [4.69, 9.17) is 5.73 Å². The Labute approximate surface area is 173 Å². The van der Waals surface area contributed by atoms with Gasteiger partial charge in [-0.25, -0.2) is 0 Å². The van der Waals surface area contributed by atoms with E-state index in [2.05, 4.69) is 14.8 Å². The average molecular weight is 470 g/mol. The lowest BCUT2D eigenvalue weighted by atomic mass is 10.1. The van der Waals surface area contributed by atoms with E-state index in [0.29, 0.717) is 6.42 Å². The van der Waals surface area contributed by atoms with Gasteiger partial charge in [0.25, 0.3) is 0 Å². The Kier molecular flexibility index (Phi) is 16.0. The van der Waals surface area contributed by atoms with Gasteiger partial charge in [-0.2, -0.15) is 0 Å². The SMILES string of the molecule is CCC(=O)SCC(NC(=O)CCC(N)C(=O)OC)C(=O)CCC(=O)OC.[Br-]. The highest BCUT2D eigenvalue weighted by Crippen LogP contribution is 2.10. The molecule has 0 heterocycles. The van der Waals surface area contributed by atoms with Crippen LogP contribution in [-0.2, 0) is 33.4 Å². The molecule has 0 fully saturated rings. The molecule has 0 aromatic heterocycles. The van der Waals surface area contributed by atoms with Crippen LogP contribution in [0.2, 0.25) is 0 Å². The van der Waals surface area contributed by atoms with Gasteiger partial charge in [0, 0.05) is 25.0 Å². The molecule has 0 aliphatic carbocycles. The van der Waals surface area contributed by atoms with E-state index in [1.54, 1.807) is 6.92 Å². The van der Waals surface area contributed by atoms with E-state index in [0.717, 1.165) is 11.8 Å². The number of carbonyl (C=O) groups is 5. The number of halogens is 1. The van der Waals surface area contributed by atoms with Gasteiger partial charge in [-0.1, -0.05) is 18.7 Å². The number of esters is 2. The monoisotopic (exact) mass is 469 g/mol. The molecule has 0 spiro atoms. The van der Waals surface area contributed by atoms with Crippen LogP contribution < -0.4 is 28.0 Å². The van der Waals surface area contributed by atoms with Crippen LogP contribution in [0.3, 0.4) is 0 Å². The summed E-state index contributed by atoms with van der Waals surface area (Å²) in [5.41, 5.74) is 5.56. The van der Waals surface area contributed by atoms with E-state index >= 15 is 0 Å². The first-order valence-corrected chi connectivity index (χ1v) is 9.11. The maximum atomic E-state index is 12.2. The van der Waals surface area contributed by atoms with E-state index < -0.39 is 29.9 Å². The largest absolute Gasteiger partial charge is 1.00 e. The number of nitrogens with two attached hydrogens (primary N) is 1. The maximum absolute atomic E-state index is 12.2. The van der Waals surface area contributed by atoms with E-state index in [9.17, 15) is 24.0 Å². The molecule has 0 aromatic carbocycles. The number of hydrogen-bond acceptors (Lipinski definition) is 9. The second kappa shape index (κ2) is 15.6. The van der Waals surface area contributed by atoms with Gasteiger partial charge in [0.1, 0.15) is 6.04 Å². The molecule has 0 saturated carbocycles. The summed E-state index contributed by atoms with van der Waals surface area (Å²) in [7, 11) is 2.41. The number of nitrogens with one attached hydrogen (secondary N) is 1. The first kappa shape index (κ1) is 27.8. The molecule has 27 heavy (non-hydrogen) atoms. The molecule has 2 atom stereocenters. The predicted octanol–water partition coefficient (Wildman–Crippen LogP) is -3.05. The summed E-state index contributed by atoms with van der Waals surface area (Å²) >= 11 is 0.938. The van der Waals surface area contributed by atoms with Gasteiger partial charge in [0.2, 0.25) is 5.91 Å². The Morgan fingerprint density at radius 2 is 1.67 bits per heavy atom. The zero-order valence-electron chi connectivity index (χ0n) is 15.6. The highest BCUT2D eigenvalue weighted by atomic mass is 79.9. The minimum Gasteiger partial charge on any atom is -1.00 e. The summed E-state index contributed by atoms with van der Waals surface area (Å²) in [6, 6.07) is -1.85. The van der Waals surface area contributed by atoms with Gasteiger partial charge in [0.05, 0.1) is 26.7 Å². The third-order valence-electron chi connectivity index (χ3n) is 3.41. The van der Waals surface area contributed by atoms with Gasteiger partial charge in [-0.3, -0.25) is 24.0 Å². The molecule has 156 valence electrons. The highest BCUT2D eigenvalue weighted by Gasteiger charge is 2.23. The summed E-state index contributed by atoms with van der Waals surface area (Å²) in [6.45, 7) is 1.69.